The van der Waals surface area contributed by atoms with Crippen molar-refractivity contribution in [2.45, 2.75) is 31.4 Å². The molecule has 5 nitrogen and oxygen atoms in total. The van der Waals surface area contributed by atoms with Crippen LogP contribution in [0.15, 0.2) is 42.5 Å². The summed E-state index contributed by atoms with van der Waals surface area (Å²) in [6.45, 7) is 1.98. The van der Waals surface area contributed by atoms with Gasteiger partial charge in [-0.25, -0.2) is 4.98 Å². The normalized spacial score (nSPS) is 22.2. The first-order chi connectivity index (χ1) is 12.1. The van der Waals surface area contributed by atoms with E-state index in [0.29, 0.717) is 0 Å². The molecular weight excluding hydrogens is 312 g/mol. The Morgan fingerprint density at radius 3 is 2.72 bits per heavy atom. The number of aliphatic hydroxyl groups is 1. The molecule has 0 saturated carbocycles. The van der Waals surface area contributed by atoms with Crippen molar-refractivity contribution >= 4 is 16.7 Å². The van der Waals surface area contributed by atoms with Crippen LogP contribution in [-0.2, 0) is 7.05 Å². The Labute approximate surface area is 146 Å². The summed E-state index contributed by atoms with van der Waals surface area (Å²) in [5.74, 6) is 0.697. The minimum atomic E-state index is -0.670. The lowest BCUT2D eigenvalue weighted by Crippen LogP contribution is -2.36. The molecule has 1 aliphatic heterocycles. The molecule has 1 aliphatic rings. The van der Waals surface area contributed by atoms with Crippen molar-refractivity contribution in [2.24, 2.45) is 7.05 Å². The van der Waals surface area contributed by atoms with E-state index < -0.39 is 6.10 Å². The number of aliphatic hydroxyl groups excluding tert-OH is 1. The maximum absolute atomic E-state index is 11.0. The highest BCUT2D eigenvalue weighted by Gasteiger charge is 2.37. The second-order valence-corrected chi connectivity index (χ2v) is 6.61. The van der Waals surface area contributed by atoms with Gasteiger partial charge in [0.15, 0.2) is 0 Å². The number of hydrogen-bond acceptors (Lipinski definition) is 4. The van der Waals surface area contributed by atoms with E-state index in [1.54, 1.807) is 0 Å². The standard InChI is InChI=1S/C20H20N4O/c1-12-22-19-16(24(12)2)9-8-14-15(10-11-21)20(25)17(23-18(14)19)13-6-4-3-5-7-13/h3-9,15,17,20,23,25H,10H2,1-2H3/t15-,17-,20+/m1/s1. The molecule has 4 rings (SSSR count). The Balaban J connectivity index is 1.92. The van der Waals surface area contributed by atoms with Gasteiger partial charge in [0, 0.05) is 19.4 Å². The van der Waals surface area contributed by atoms with Crippen LogP contribution in [0.2, 0.25) is 0 Å². The molecule has 25 heavy (non-hydrogen) atoms. The minimum Gasteiger partial charge on any atom is -0.390 e. The molecule has 2 heterocycles. The molecule has 2 aromatic carbocycles. The SMILES string of the molecule is Cc1nc2c3c(ccc2n1C)[C@@H](CC#N)[C@H](O)[C@@H](c1ccccc1)N3. The number of anilines is 1. The van der Waals surface area contributed by atoms with Crippen LogP contribution in [-0.4, -0.2) is 20.8 Å². The second kappa shape index (κ2) is 5.91. The highest BCUT2D eigenvalue weighted by molar-refractivity contribution is 5.92. The van der Waals surface area contributed by atoms with Crippen molar-refractivity contribution in [3.63, 3.8) is 0 Å². The van der Waals surface area contributed by atoms with Gasteiger partial charge in [0.2, 0.25) is 0 Å². The van der Waals surface area contributed by atoms with Crippen molar-refractivity contribution < 1.29 is 5.11 Å². The summed E-state index contributed by atoms with van der Waals surface area (Å²) in [5, 5.41) is 23.7. The number of aromatic nitrogens is 2. The number of imidazole rings is 1. The van der Waals surface area contributed by atoms with Crippen LogP contribution in [0.1, 0.15) is 35.3 Å². The van der Waals surface area contributed by atoms with Gasteiger partial charge in [-0.1, -0.05) is 36.4 Å². The monoisotopic (exact) mass is 332 g/mol. The van der Waals surface area contributed by atoms with Crippen LogP contribution in [0.4, 0.5) is 5.69 Å². The molecule has 0 saturated heterocycles. The average Bonchev–Trinajstić information content (AvgIpc) is 2.92. The smallest absolute Gasteiger partial charge is 0.112 e. The molecule has 3 aromatic rings. The highest BCUT2D eigenvalue weighted by atomic mass is 16.3. The molecule has 126 valence electrons. The molecular formula is C20H20N4O. The first-order valence-electron chi connectivity index (χ1n) is 8.44. The van der Waals surface area contributed by atoms with Crippen LogP contribution in [0.25, 0.3) is 11.0 Å². The molecule has 0 fully saturated rings. The summed E-state index contributed by atoms with van der Waals surface area (Å²) in [6.07, 6.45) is -0.395. The first-order valence-corrected chi connectivity index (χ1v) is 8.44. The van der Waals surface area contributed by atoms with Crippen LogP contribution in [0.3, 0.4) is 0 Å². The third-order valence-corrected chi connectivity index (χ3v) is 5.23. The van der Waals surface area contributed by atoms with E-state index in [9.17, 15) is 10.4 Å². The zero-order valence-corrected chi connectivity index (χ0v) is 14.3. The minimum absolute atomic E-state index is 0.238. The van der Waals surface area contributed by atoms with E-state index in [1.807, 2.05) is 56.4 Å². The van der Waals surface area contributed by atoms with Crippen molar-refractivity contribution in [3.8, 4) is 6.07 Å². The summed E-state index contributed by atoms with van der Waals surface area (Å²) >= 11 is 0. The van der Waals surface area contributed by atoms with Crippen LogP contribution >= 0.6 is 0 Å². The van der Waals surface area contributed by atoms with Crippen molar-refractivity contribution in [3.05, 3.63) is 59.4 Å². The van der Waals surface area contributed by atoms with Gasteiger partial charge in [-0.15, -0.1) is 0 Å². The molecule has 0 spiro atoms. The lowest BCUT2D eigenvalue weighted by atomic mass is 9.80. The fraction of sp³-hybridized carbons (Fsp3) is 0.300. The average molecular weight is 332 g/mol. The molecule has 2 N–H and O–H groups in total. The third kappa shape index (κ3) is 2.38. The molecule has 5 heteroatoms. The van der Waals surface area contributed by atoms with E-state index in [-0.39, 0.29) is 18.4 Å². The van der Waals surface area contributed by atoms with Gasteiger partial charge in [0.1, 0.15) is 11.3 Å². The number of fused-ring (bicyclic) bond motifs is 3. The highest BCUT2D eigenvalue weighted by Crippen LogP contribution is 2.44. The number of nitriles is 1. The summed E-state index contributed by atoms with van der Waals surface area (Å²) in [4.78, 5) is 4.71. The molecule has 0 bridgehead atoms. The largest absolute Gasteiger partial charge is 0.390 e. The number of nitrogens with one attached hydrogen (secondary N) is 1. The van der Waals surface area contributed by atoms with Gasteiger partial charge in [0.05, 0.1) is 29.4 Å². The molecule has 0 amide bonds. The molecule has 1 aromatic heterocycles. The lowest BCUT2D eigenvalue weighted by Gasteiger charge is -2.37. The fourth-order valence-electron chi connectivity index (χ4n) is 3.78. The Bertz CT molecular complexity index is 971. The summed E-state index contributed by atoms with van der Waals surface area (Å²) < 4.78 is 2.05. The number of rotatable bonds is 2. The zero-order valence-electron chi connectivity index (χ0n) is 14.3. The van der Waals surface area contributed by atoms with Gasteiger partial charge in [-0.05, 0) is 24.1 Å². The summed E-state index contributed by atoms with van der Waals surface area (Å²) in [7, 11) is 2.00. The van der Waals surface area contributed by atoms with Gasteiger partial charge in [-0.3, -0.25) is 0 Å². The maximum atomic E-state index is 11.0. The second-order valence-electron chi connectivity index (χ2n) is 6.61. The van der Waals surface area contributed by atoms with E-state index in [2.05, 4.69) is 16.0 Å². The third-order valence-electron chi connectivity index (χ3n) is 5.23. The first kappa shape index (κ1) is 15.7. The Morgan fingerprint density at radius 2 is 2.00 bits per heavy atom. The fourth-order valence-corrected chi connectivity index (χ4v) is 3.78. The van der Waals surface area contributed by atoms with Gasteiger partial charge < -0.3 is 15.0 Å². The van der Waals surface area contributed by atoms with Crippen LogP contribution in [0, 0.1) is 18.3 Å². The van der Waals surface area contributed by atoms with Crippen molar-refractivity contribution in [1.82, 2.24) is 9.55 Å². The molecule has 0 aliphatic carbocycles. The number of benzene rings is 2. The predicted octanol–water partition coefficient (Wildman–Crippen LogP) is 3.41. The Hall–Kier alpha value is -2.84. The number of nitrogens with zero attached hydrogens (tertiary/aromatic N) is 3. The van der Waals surface area contributed by atoms with Crippen LogP contribution < -0.4 is 5.32 Å². The van der Waals surface area contributed by atoms with Gasteiger partial charge in [-0.2, -0.15) is 5.26 Å². The quantitative estimate of drug-likeness (QED) is 0.754. The zero-order chi connectivity index (χ0) is 17.6. The number of aryl methyl sites for hydroxylation is 2. The number of hydrogen-bond donors (Lipinski definition) is 2. The maximum Gasteiger partial charge on any atom is 0.112 e. The van der Waals surface area contributed by atoms with E-state index in [1.165, 1.54) is 0 Å². The van der Waals surface area contributed by atoms with E-state index in [4.69, 9.17) is 4.98 Å². The lowest BCUT2D eigenvalue weighted by molar-refractivity contribution is 0.118. The molecule has 3 atom stereocenters. The van der Waals surface area contributed by atoms with Crippen molar-refractivity contribution in [1.29, 1.82) is 5.26 Å². The summed E-state index contributed by atoms with van der Waals surface area (Å²) in [5.41, 5.74) is 4.84. The molecule has 0 radical (unpaired) electrons. The molecule has 0 unspecified atom stereocenters. The van der Waals surface area contributed by atoms with E-state index >= 15 is 0 Å². The summed E-state index contributed by atoms with van der Waals surface area (Å²) in [6, 6.07) is 15.9. The predicted molar refractivity (Wildman–Crippen MR) is 97.2 cm³/mol. The van der Waals surface area contributed by atoms with E-state index in [0.717, 1.165) is 33.7 Å². The van der Waals surface area contributed by atoms with Crippen molar-refractivity contribution in [2.75, 3.05) is 5.32 Å². The van der Waals surface area contributed by atoms with Gasteiger partial charge in [0.25, 0.3) is 0 Å². The van der Waals surface area contributed by atoms with Gasteiger partial charge >= 0.3 is 0 Å². The Kier molecular flexibility index (Phi) is 3.70. The van der Waals surface area contributed by atoms with Crippen LogP contribution in [0.5, 0.6) is 0 Å². The Morgan fingerprint density at radius 1 is 1.24 bits per heavy atom. The topological polar surface area (TPSA) is 73.9 Å².